The van der Waals surface area contributed by atoms with Crippen molar-refractivity contribution in [3.63, 3.8) is 0 Å². The van der Waals surface area contributed by atoms with Gasteiger partial charge in [-0.05, 0) is 44.4 Å². The van der Waals surface area contributed by atoms with E-state index in [1.54, 1.807) is 6.20 Å². The lowest BCUT2D eigenvalue weighted by Crippen LogP contribution is -2.48. The number of hydrogen-bond acceptors (Lipinski definition) is 4. The first-order valence-corrected chi connectivity index (χ1v) is 8.22. The van der Waals surface area contributed by atoms with E-state index in [2.05, 4.69) is 38.0 Å². The minimum atomic E-state index is -0.266. The number of nitrogens with two attached hydrogens (primary N) is 1. The average Bonchev–Trinajstić information content (AvgIpc) is 2.89. The summed E-state index contributed by atoms with van der Waals surface area (Å²) in [6.45, 7) is 10.4. The smallest absolute Gasteiger partial charge is 0.0890 e. The van der Waals surface area contributed by atoms with Gasteiger partial charge in [0.05, 0.1) is 23.5 Å². The highest BCUT2D eigenvalue weighted by Gasteiger charge is 2.45. The summed E-state index contributed by atoms with van der Waals surface area (Å²) in [7, 11) is 0. The summed E-state index contributed by atoms with van der Waals surface area (Å²) in [5.41, 5.74) is 7.76. The van der Waals surface area contributed by atoms with E-state index in [4.69, 9.17) is 10.5 Å². The molecule has 0 aromatic carbocycles. The van der Waals surface area contributed by atoms with Gasteiger partial charge in [-0.15, -0.1) is 5.10 Å². The molecule has 5 nitrogen and oxygen atoms in total. The Morgan fingerprint density at radius 3 is 2.52 bits per heavy atom. The van der Waals surface area contributed by atoms with Crippen molar-refractivity contribution >= 4 is 0 Å². The van der Waals surface area contributed by atoms with Gasteiger partial charge in [0.25, 0.3) is 0 Å². The lowest BCUT2D eigenvalue weighted by Gasteiger charge is -2.46. The fourth-order valence-electron chi connectivity index (χ4n) is 3.34. The lowest BCUT2D eigenvalue weighted by molar-refractivity contribution is -0.101. The molecule has 0 aliphatic heterocycles. The number of rotatable bonds is 6. The second-order valence-corrected chi connectivity index (χ2v) is 7.02. The first-order valence-electron chi connectivity index (χ1n) is 8.22. The Balaban J connectivity index is 2.23. The van der Waals surface area contributed by atoms with Crippen LogP contribution in [0.5, 0.6) is 0 Å². The monoisotopic (exact) mass is 294 g/mol. The first kappa shape index (κ1) is 16.4. The van der Waals surface area contributed by atoms with Gasteiger partial charge >= 0.3 is 0 Å². The number of hydrogen-bond donors (Lipinski definition) is 1. The van der Waals surface area contributed by atoms with Crippen LogP contribution in [0.1, 0.15) is 71.5 Å². The van der Waals surface area contributed by atoms with E-state index in [0.29, 0.717) is 12.0 Å². The van der Waals surface area contributed by atoms with E-state index < -0.39 is 0 Å². The van der Waals surface area contributed by atoms with Gasteiger partial charge in [0.2, 0.25) is 0 Å². The quantitative estimate of drug-likeness (QED) is 0.875. The molecule has 1 aliphatic carbocycles. The summed E-state index contributed by atoms with van der Waals surface area (Å²) in [6, 6.07) is -0.157. The van der Waals surface area contributed by atoms with Crippen molar-refractivity contribution in [1.29, 1.82) is 0 Å². The minimum absolute atomic E-state index is 0.157. The molecule has 1 heterocycles. The maximum atomic E-state index is 6.63. The van der Waals surface area contributed by atoms with E-state index in [1.165, 1.54) is 0 Å². The number of aromatic nitrogens is 3. The molecule has 2 rings (SSSR count). The molecule has 1 atom stereocenters. The van der Waals surface area contributed by atoms with Gasteiger partial charge in [-0.1, -0.05) is 26.0 Å². The van der Waals surface area contributed by atoms with Crippen LogP contribution >= 0.6 is 0 Å². The Hall–Kier alpha value is -0.940. The van der Waals surface area contributed by atoms with E-state index >= 15 is 0 Å². The van der Waals surface area contributed by atoms with Crippen molar-refractivity contribution in [1.82, 2.24) is 15.0 Å². The Morgan fingerprint density at radius 1 is 1.29 bits per heavy atom. The van der Waals surface area contributed by atoms with Gasteiger partial charge in [0.1, 0.15) is 0 Å². The van der Waals surface area contributed by atoms with Crippen molar-refractivity contribution in [2.75, 3.05) is 6.61 Å². The molecule has 0 saturated heterocycles. The number of nitrogens with zero attached hydrogens (tertiary/aromatic N) is 3. The topological polar surface area (TPSA) is 66.0 Å². The van der Waals surface area contributed by atoms with Gasteiger partial charge in [-0.3, -0.25) is 0 Å². The minimum Gasteiger partial charge on any atom is -0.373 e. The van der Waals surface area contributed by atoms with Gasteiger partial charge in [0.15, 0.2) is 0 Å². The molecular weight excluding hydrogens is 264 g/mol. The zero-order chi connectivity index (χ0) is 15.5. The molecule has 1 unspecified atom stereocenters. The molecule has 0 amide bonds. The standard InChI is InChI=1S/C16H30N4O/c1-5-11-20-13(12-18-19-20)14(17)16(21-6-2)9-7-15(3,4)8-10-16/h12,14H,5-11,17H2,1-4H3. The zero-order valence-electron chi connectivity index (χ0n) is 13.9. The van der Waals surface area contributed by atoms with Crippen LogP contribution in [-0.2, 0) is 11.3 Å². The summed E-state index contributed by atoms with van der Waals surface area (Å²) in [5.74, 6) is 0. The van der Waals surface area contributed by atoms with E-state index in [-0.39, 0.29) is 11.6 Å². The molecule has 5 heteroatoms. The van der Waals surface area contributed by atoms with Crippen LogP contribution in [0.15, 0.2) is 6.20 Å². The highest BCUT2D eigenvalue weighted by Crippen LogP contribution is 2.46. The van der Waals surface area contributed by atoms with Gasteiger partial charge in [0, 0.05) is 13.2 Å². The van der Waals surface area contributed by atoms with Crippen LogP contribution in [0.2, 0.25) is 0 Å². The third-order valence-corrected chi connectivity index (χ3v) is 4.85. The summed E-state index contributed by atoms with van der Waals surface area (Å²) in [5, 5.41) is 8.23. The molecule has 120 valence electrons. The second-order valence-electron chi connectivity index (χ2n) is 7.02. The Kier molecular flexibility index (Phi) is 5.04. The Bertz CT molecular complexity index is 445. The molecule has 0 bridgehead atoms. The van der Waals surface area contributed by atoms with Gasteiger partial charge in [-0.2, -0.15) is 0 Å². The lowest BCUT2D eigenvalue weighted by atomic mass is 9.68. The van der Waals surface area contributed by atoms with Crippen LogP contribution in [0.4, 0.5) is 0 Å². The fraction of sp³-hybridized carbons (Fsp3) is 0.875. The highest BCUT2D eigenvalue weighted by molar-refractivity contribution is 5.11. The van der Waals surface area contributed by atoms with Crippen molar-refractivity contribution in [2.24, 2.45) is 11.1 Å². The third-order valence-electron chi connectivity index (χ3n) is 4.85. The molecule has 1 fully saturated rings. The van der Waals surface area contributed by atoms with Gasteiger partial charge < -0.3 is 10.5 Å². The van der Waals surface area contributed by atoms with Crippen LogP contribution in [0, 0.1) is 5.41 Å². The largest absolute Gasteiger partial charge is 0.373 e. The van der Waals surface area contributed by atoms with Crippen molar-refractivity contribution in [3.05, 3.63) is 11.9 Å². The van der Waals surface area contributed by atoms with Crippen molar-refractivity contribution in [3.8, 4) is 0 Å². The van der Waals surface area contributed by atoms with E-state index in [9.17, 15) is 0 Å². The third kappa shape index (κ3) is 3.46. The SMILES string of the molecule is CCCn1nncc1C(N)C1(OCC)CCC(C)(C)CC1. The Labute approximate surface area is 128 Å². The molecule has 1 aromatic rings. The maximum Gasteiger partial charge on any atom is 0.0890 e. The maximum absolute atomic E-state index is 6.63. The molecule has 1 aromatic heterocycles. The normalized spacial score (nSPS) is 22.1. The van der Waals surface area contributed by atoms with Crippen LogP contribution in [0.3, 0.4) is 0 Å². The summed E-state index contributed by atoms with van der Waals surface area (Å²) in [4.78, 5) is 0. The highest BCUT2D eigenvalue weighted by atomic mass is 16.5. The zero-order valence-corrected chi connectivity index (χ0v) is 13.9. The number of aryl methyl sites for hydroxylation is 1. The van der Waals surface area contributed by atoms with E-state index in [0.717, 1.165) is 44.3 Å². The molecule has 1 aliphatic rings. The van der Waals surface area contributed by atoms with Crippen LogP contribution < -0.4 is 5.73 Å². The molecule has 1 saturated carbocycles. The number of ether oxygens (including phenoxy) is 1. The first-order chi connectivity index (χ1) is 9.94. The predicted octanol–water partition coefficient (Wildman–Crippen LogP) is 3.06. The molecular formula is C16H30N4O. The van der Waals surface area contributed by atoms with Crippen molar-refractivity contribution in [2.45, 2.75) is 78.0 Å². The Morgan fingerprint density at radius 2 is 1.95 bits per heavy atom. The molecule has 2 N–H and O–H groups in total. The second kappa shape index (κ2) is 6.44. The summed E-state index contributed by atoms with van der Waals surface area (Å²) in [6.07, 6.45) is 7.14. The average molecular weight is 294 g/mol. The molecule has 21 heavy (non-hydrogen) atoms. The molecule has 0 spiro atoms. The van der Waals surface area contributed by atoms with Crippen molar-refractivity contribution < 1.29 is 4.74 Å². The molecule has 0 radical (unpaired) electrons. The van der Waals surface area contributed by atoms with Gasteiger partial charge in [-0.25, -0.2) is 4.68 Å². The van der Waals surface area contributed by atoms with E-state index in [1.807, 2.05) is 4.68 Å². The van der Waals surface area contributed by atoms with Crippen LogP contribution in [0.25, 0.3) is 0 Å². The predicted molar refractivity (Wildman–Crippen MR) is 83.8 cm³/mol. The summed E-state index contributed by atoms with van der Waals surface area (Å²) >= 11 is 0. The fourth-order valence-corrected chi connectivity index (χ4v) is 3.34. The summed E-state index contributed by atoms with van der Waals surface area (Å²) < 4.78 is 8.12. The van der Waals surface area contributed by atoms with Crippen LogP contribution in [-0.4, -0.2) is 27.2 Å².